The summed E-state index contributed by atoms with van der Waals surface area (Å²) in [6.45, 7) is 0. The van der Waals surface area contributed by atoms with E-state index in [1.807, 2.05) is 0 Å². The Hall–Kier alpha value is -2.64. The molecule has 0 saturated carbocycles. The maximum absolute atomic E-state index is 12.9. The summed E-state index contributed by atoms with van der Waals surface area (Å²) in [6.07, 6.45) is 0. The van der Waals surface area contributed by atoms with E-state index in [1.165, 1.54) is 36.0 Å². The van der Waals surface area contributed by atoms with Crippen LogP contribution in [-0.2, 0) is 26.3 Å². The number of carboxylic acid groups (broad SMARTS) is 1. The van der Waals surface area contributed by atoms with Gasteiger partial charge in [0.25, 0.3) is 11.8 Å². The predicted molar refractivity (Wildman–Crippen MR) is 128 cm³/mol. The summed E-state index contributed by atoms with van der Waals surface area (Å²) in [6, 6.07) is -1.02. The van der Waals surface area contributed by atoms with Gasteiger partial charge in [0, 0.05) is 23.9 Å². The number of β-lactam (4-membered cyclic amide) rings is 1. The number of oxime groups is 1. The molecule has 2 aromatic heterocycles. The number of aryl methyl sites for hydroxylation is 1. The average molecular weight is 577 g/mol. The maximum atomic E-state index is 12.9. The summed E-state index contributed by atoms with van der Waals surface area (Å²) in [5, 5.41) is 21.6. The molecule has 0 unspecified atom stereocenters. The van der Waals surface area contributed by atoms with Gasteiger partial charge in [-0.25, -0.2) is 4.98 Å². The Balaban J connectivity index is 0.00000380. The van der Waals surface area contributed by atoms with Crippen LogP contribution in [0.2, 0.25) is 0 Å². The van der Waals surface area contributed by atoms with Gasteiger partial charge in [0.2, 0.25) is 0 Å². The SMILES string of the molecule is CON=C(C(=O)N[C@@H]1C(=O)N2C(C(=O)[O-])=C(CSc3nc(=O)c(=O)[nH]n3C)CS[C@H]12)c1csc(N)n1.[Na+]. The van der Waals surface area contributed by atoms with E-state index < -0.39 is 40.3 Å². The molecule has 0 radical (unpaired) electrons. The van der Waals surface area contributed by atoms with Gasteiger partial charge >= 0.3 is 40.7 Å². The van der Waals surface area contributed by atoms with Crippen molar-refractivity contribution in [1.29, 1.82) is 0 Å². The molecule has 19 heteroatoms. The van der Waals surface area contributed by atoms with E-state index in [4.69, 9.17) is 10.6 Å². The number of carbonyl (C=O) groups is 3. The van der Waals surface area contributed by atoms with Gasteiger partial charge in [0.1, 0.15) is 24.2 Å². The number of hydrogen-bond donors (Lipinski definition) is 3. The molecule has 1 saturated heterocycles. The summed E-state index contributed by atoms with van der Waals surface area (Å²) >= 11 is 3.35. The normalized spacial score (nSPS) is 19.0. The van der Waals surface area contributed by atoms with Gasteiger partial charge in [-0.3, -0.25) is 33.9 Å². The van der Waals surface area contributed by atoms with Crippen LogP contribution < -0.4 is 56.8 Å². The monoisotopic (exact) mass is 576 g/mol. The smallest absolute Gasteiger partial charge is 0.543 e. The minimum Gasteiger partial charge on any atom is -0.543 e. The standard InChI is InChI=1S/C18H18N8O7S3.Na/c1-25-18(22-12(28)13(29)23-25)36-4-6-3-34-15-9(14(30)26(15)10(6)16(31)32)21-11(27)8(24-33-2)7-5-35-17(19)20-7;/h5,9,15H,3-4H2,1-2H3,(H2,19,20)(H,21,27)(H,23,29)(H,31,32);/q;+1/p-1/t9-,15-;/m1./s1. The molecule has 2 atom stereocenters. The number of aromatic amines is 1. The number of amides is 2. The van der Waals surface area contributed by atoms with E-state index in [1.54, 1.807) is 0 Å². The Bertz CT molecular complexity index is 1430. The van der Waals surface area contributed by atoms with Crippen LogP contribution in [0, 0.1) is 0 Å². The molecule has 2 amide bonds. The molecule has 190 valence electrons. The molecule has 4 N–H and O–H groups in total. The molecule has 2 aliphatic rings. The van der Waals surface area contributed by atoms with Gasteiger partial charge in [-0.05, 0) is 5.57 Å². The first-order chi connectivity index (χ1) is 17.1. The van der Waals surface area contributed by atoms with Crippen LogP contribution in [0.25, 0.3) is 0 Å². The third-order valence-corrected chi connectivity index (χ3v) is 8.14. The molecule has 15 nitrogen and oxygen atoms in total. The van der Waals surface area contributed by atoms with E-state index in [2.05, 4.69) is 25.5 Å². The number of anilines is 1. The molecule has 4 heterocycles. The zero-order valence-corrected chi connectivity index (χ0v) is 24.0. The Morgan fingerprint density at radius 1 is 1.38 bits per heavy atom. The second-order valence-corrected chi connectivity index (χ2v) is 10.2. The van der Waals surface area contributed by atoms with Crippen LogP contribution in [0.4, 0.5) is 5.13 Å². The first kappa shape index (κ1) is 28.9. The molecule has 0 bridgehead atoms. The molecular weight excluding hydrogens is 559 g/mol. The van der Waals surface area contributed by atoms with Gasteiger partial charge in [0.15, 0.2) is 16.0 Å². The zero-order valence-electron chi connectivity index (χ0n) is 19.5. The summed E-state index contributed by atoms with van der Waals surface area (Å²) < 4.78 is 1.24. The van der Waals surface area contributed by atoms with E-state index >= 15 is 0 Å². The number of aromatic nitrogens is 4. The van der Waals surface area contributed by atoms with Crippen molar-refractivity contribution < 1.29 is 53.9 Å². The van der Waals surface area contributed by atoms with Crippen molar-refractivity contribution in [2.75, 3.05) is 24.3 Å². The van der Waals surface area contributed by atoms with Crippen LogP contribution in [-0.4, -0.2) is 78.2 Å². The number of thiazole rings is 1. The predicted octanol–water partition coefficient (Wildman–Crippen LogP) is -5.94. The molecule has 4 rings (SSSR count). The van der Waals surface area contributed by atoms with Crippen LogP contribution in [0.3, 0.4) is 0 Å². The van der Waals surface area contributed by atoms with Gasteiger partial charge < -0.3 is 25.8 Å². The minimum atomic E-state index is -1.56. The summed E-state index contributed by atoms with van der Waals surface area (Å²) in [4.78, 5) is 74.0. The number of nitrogens with one attached hydrogen (secondary N) is 2. The van der Waals surface area contributed by atoms with Crippen molar-refractivity contribution in [1.82, 2.24) is 30.0 Å². The van der Waals surface area contributed by atoms with Crippen molar-refractivity contribution in [3.63, 3.8) is 0 Å². The maximum Gasteiger partial charge on any atom is 1.00 e. The largest absolute Gasteiger partial charge is 1.00 e. The minimum absolute atomic E-state index is 0. The number of nitrogen functional groups attached to an aromatic ring is 1. The molecule has 37 heavy (non-hydrogen) atoms. The molecule has 0 aromatic carbocycles. The van der Waals surface area contributed by atoms with Gasteiger partial charge in [0.05, 0.1) is 11.7 Å². The average Bonchev–Trinajstić information content (AvgIpc) is 3.27. The molecular formula is C18H17N8NaO7S3. The number of nitrogens with zero attached hydrogens (tertiary/aromatic N) is 5. The Kier molecular flexibility index (Phi) is 9.24. The van der Waals surface area contributed by atoms with Crippen molar-refractivity contribution in [2.45, 2.75) is 16.6 Å². The number of aliphatic carboxylic acids is 1. The molecule has 0 aliphatic carbocycles. The third-order valence-electron chi connectivity index (χ3n) is 5.01. The summed E-state index contributed by atoms with van der Waals surface area (Å²) in [5.41, 5.74) is 3.77. The van der Waals surface area contributed by atoms with Gasteiger partial charge in [-0.2, -0.15) is 4.98 Å². The number of rotatable bonds is 8. The number of carbonyl (C=O) groups excluding carboxylic acids is 3. The summed E-state index contributed by atoms with van der Waals surface area (Å²) in [5.74, 6) is -2.68. The van der Waals surface area contributed by atoms with Crippen molar-refractivity contribution in [2.24, 2.45) is 12.2 Å². The molecule has 0 spiro atoms. The van der Waals surface area contributed by atoms with Crippen molar-refractivity contribution >= 4 is 63.5 Å². The number of thioether (sulfide) groups is 2. The van der Waals surface area contributed by atoms with Crippen LogP contribution in [0.1, 0.15) is 5.69 Å². The van der Waals surface area contributed by atoms with E-state index in [-0.39, 0.29) is 68.5 Å². The molecule has 2 aliphatic heterocycles. The van der Waals surface area contributed by atoms with Gasteiger partial charge in [-0.15, -0.1) is 23.1 Å². The second kappa shape index (κ2) is 11.8. The number of fused-ring (bicyclic) bond motifs is 1. The number of carboxylic acids is 1. The van der Waals surface area contributed by atoms with Gasteiger partial charge in [-0.1, -0.05) is 16.9 Å². The quantitative estimate of drug-likeness (QED) is 0.0668. The van der Waals surface area contributed by atoms with E-state index in [0.29, 0.717) is 5.57 Å². The molecule has 1 fully saturated rings. The van der Waals surface area contributed by atoms with Crippen molar-refractivity contribution in [3.8, 4) is 0 Å². The van der Waals surface area contributed by atoms with Crippen molar-refractivity contribution in [3.05, 3.63) is 43.1 Å². The van der Waals surface area contributed by atoms with E-state index in [9.17, 15) is 29.1 Å². The third kappa shape index (κ3) is 5.78. The van der Waals surface area contributed by atoms with Crippen LogP contribution >= 0.6 is 34.9 Å². The fourth-order valence-electron chi connectivity index (χ4n) is 3.43. The Morgan fingerprint density at radius 2 is 2.11 bits per heavy atom. The fourth-order valence-corrected chi connectivity index (χ4v) is 6.38. The molecule has 2 aromatic rings. The first-order valence-electron chi connectivity index (χ1n) is 9.94. The van der Waals surface area contributed by atoms with Crippen LogP contribution in [0.5, 0.6) is 0 Å². The van der Waals surface area contributed by atoms with Crippen LogP contribution in [0.15, 0.2) is 36.6 Å². The topological polar surface area (TPSA) is 218 Å². The summed E-state index contributed by atoms with van der Waals surface area (Å²) in [7, 11) is 2.72. The number of hydrogen-bond acceptors (Lipinski definition) is 14. The number of nitrogens with two attached hydrogens (primary N) is 1. The Labute approximate surface area is 242 Å². The Morgan fingerprint density at radius 3 is 2.73 bits per heavy atom. The zero-order chi connectivity index (χ0) is 26.1. The fraction of sp³-hybridized carbons (Fsp3) is 0.333. The second-order valence-electron chi connectivity index (χ2n) is 7.28. The van der Waals surface area contributed by atoms with E-state index in [0.717, 1.165) is 28.0 Å². The first-order valence-corrected chi connectivity index (χ1v) is 12.8. The number of H-pyrrole nitrogens is 1.